The van der Waals surface area contributed by atoms with Crippen molar-refractivity contribution >= 4 is 11.6 Å². The van der Waals surface area contributed by atoms with Crippen LogP contribution in [0.3, 0.4) is 0 Å². The molecule has 0 saturated carbocycles. The minimum atomic E-state index is 0.243. The molecule has 4 heteroatoms. The van der Waals surface area contributed by atoms with Gasteiger partial charge in [0.1, 0.15) is 23.6 Å². The zero-order valence-electron chi connectivity index (χ0n) is 12.6. The Labute approximate surface area is 135 Å². The highest BCUT2D eigenvalue weighted by Gasteiger charge is 2.12. The zero-order chi connectivity index (χ0) is 16.3. The fourth-order valence-corrected chi connectivity index (χ4v) is 2.22. The van der Waals surface area contributed by atoms with Crippen LogP contribution in [0.1, 0.15) is 42.0 Å². The average molecular weight is 311 g/mol. The third-order valence-electron chi connectivity index (χ3n) is 3.41. The van der Waals surface area contributed by atoms with Crippen molar-refractivity contribution in [3.63, 3.8) is 0 Å². The van der Waals surface area contributed by atoms with Gasteiger partial charge in [-0.15, -0.1) is 0 Å². The number of nitriles is 2. The SMILES string of the molecule is Cc1ccc(C(C)C)cc1Oc1cc(C#N)c(C#N)cc1Cl. The van der Waals surface area contributed by atoms with Crippen LogP contribution in [-0.4, -0.2) is 0 Å². The smallest absolute Gasteiger partial charge is 0.147 e. The summed E-state index contributed by atoms with van der Waals surface area (Å²) in [7, 11) is 0. The Morgan fingerprint density at radius 3 is 2.23 bits per heavy atom. The molecule has 0 aliphatic carbocycles. The number of nitrogens with zero attached hydrogens (tertiary/aromatic N) is 2. The monoisotopic (exact) mass is 310 g/mol. The Hall–Kier alpha value is -2.49. The number of aryl methyl sites for hydroxylation is 1. The van der Waals surface area contributed by atoms with Gasteiger partial charge < -0.3 is 4.74 Å². The molecule has 0 unspecified atom stereocenters. The first kappa shape index (κ1) is 15.9. The maximum absolute atomic E-state index is 9.10. The molecule has 0 atom stereocenters. The Morgan fingerprint density at radius 2 is 1.64 bits per heavy atom. The molecule has 0 aliphatic rings. The van der Waals surface area contributed by atoms with Crippen LogP contribution in [0, 0.1) is 29.6 Å². The predicted octanol–water partition coefficient (Wildman–Crippen LogP) is 5.31. The van der Waals surface area contributed by atoms with E-state index in [4.69, 9.17) is 26.9 Å². The Balaban J connectivity index is 2.46. The van der Waals surface area contributed by atoms with Crippen LogP contribution < -0.4 is 4.74 Å². The lowest BCUT2D eigenvalue weighted by Gasteiger charge is -2.14. The zero-order valence-corrected chi connectivity index (χ0v) is 13.4. The maximum Gasteiger partial charge on any atom is 0.147 e. The van der Waals surface area contributed by atoms with E-state index in [0.29, 0.717) is 22.4 Å². The number of rotatable bonds is 3. The second-order valence-electron chi connectivity index (χ2n) is 5.33. The molecule has 0 bridgehead atoms. The lowest BCUT2D eigenvalue weighted by atomic mass is 10.0. The summed E-state index contributed by atoms with van der Waals surface area (Å²) in [6.45, 7) is 6.16. The van der Waals surface area contributed by atoms with Crippen LogP contribution >= 0.6 is 11.6 Å². The van der Waals surface area contributed by atoms with E-state index in [-0.39, 0.29) is 11.1 Å². The van der Waals surface area contributed by atoms with Gasteiger partial charge in [-0.1, -0.05) is 37.6 Å². The molecule has 110 valence electrons. The van der Waals surface area contributed by atoms with Crippen molar-refractivity contribution < 1.29 is 4.74 Å². The first-order valence-electron chi connectivity index (χ1n) is 6.88. The lowest BCUT2D eigenvalue weighted by molar-refractivity contribution is 0.478. The highest BCUT2D eigenvalue weighted by Crippen LogP contribution is 2.34. The topological polar surface area (TPSA) is 56.8 Å². The van der Waals surface area contributed by atoms with Crippen molar-refractivity contribution in [2.75, 3.05) is 0 Å². The molecule has 3 nitrogen and oxygen atoms in total. The molecule has 0 heterocycles. The summed E-state index contributed by atoms with van der Waals surface area (Å²) >= 11 is 6.16. The fraction of sp³-hybridized carbons (Fsp3) is 0.222. The molecule has 2 aromatic carbocycles. The first-order chi connectivity index (χ1) is 10.5. The van der Waals surface area contributed by atoms with Crippen molar-refractivity contribution in [2.45, 2.75) is 26.7 Å². The van der Waals surface area contributed by atoms with E-state index < -0.39 is 0 Å². The van der Waals surface area contributed by atoms with Crippen LogP contribution in [0.4, 0.5) is 0 Å². The number of hydrogen-bond acceptors (Lipinski definition) is 3. The van der Waals surface area contributed by atoms with E-state index in [1.807, 2.05) is 31.2 Å². The summed E-state index contributed by atoms with van der Waals surface area (Å²) in [5.74, 6) is 1.46. The summed E-state index contributed by atoms with van der Waals surface area (Å²) < 4.78 is 5.88. The van der Waals surface area contributed by atoms with Gasteiger partial charge >= 0.3 is 0 Å². The normalized spacial score (nSPS) is 10.1. The second-order valence-corrected chi connectivity index (χ2v) is 5.74. The van der Waals surface area contributed by atoms with Gasteiger partial charge in [0.25, 0.3) is 0 Å². The highest BCUT2D eigenvalue weighted by molar-refractivity contribution is 6.32. The molecule has 0 radical (unpaired) electrons. The molecule has 2 rings (SSSR count). The highest BCUT2D eigenvalue weighted by atomic mass is 35.5. The molecule has 0 amide bonds. The summed E-state index contributed by atoms with van der Waals surface area (Å²) in [5.41, 5.74) is 2.63. The van der Waals surface area contributed by atoms with Crippen molar-refractivity contribution in [2.24, 2.45) is 0 Å². The number of hydrogen-bond donors (Lipinski definition) is 0. The Bertz CT molecular complexity index is 798. The standard InChI is InChI=1S/C18H15ClN2O/c1-11(2)13-5-4-12(3)17(7-13)22-18-8-15(10-21)14(9-20)6-16(18)19/h4-8,11H,1-3H3. The largest absolute Gasteiger partial charge is 0.455 e. The van der Waals surface area contributed by atoms with Crippen LogP contribution in [0.5, 0.6) is 11.5 Å². The Kier molecular flexibility index (Phi) is 4.71. The van der Waals surface area contributed by atoms with E-state index in [2.05, 4.69) is 19.9 Å². The maximum atomic E-state index is 9.10. The molecular formula is C18H15ClN2O. The van der Waals surface area contributed by atoms with Gasteiger partial charge in [0.2, 0.25) is 0 Å². The number of ether oxygens (including phenoxy) is 1. The van der Waals surface area contributed by atoms with Crippen molar-refractivity contribution in [3.05, 3.63) is 57.6 Å². The summed E-state index contributed by atoms with van der Waals surface area (Å²) in [5, 5.41) is 18.4. The summed E-state index contributed by atoms with van der Waals surface area (Å²) in [6, 6.07) is 12.9. The number of halogens is 1. The van der Waals surface area contributed by atoms with E-state index in [0.717, 1.165) is 11.1 Å². The minimum Gasteiger partial charge on any atom is -0.455 e. The molecular weight excluding hydrogens is 296 g/mol. The van der Waals surface area contributed by atoms with Gasteiger partial charge in [-0.3, -0.25) is 0 Å². The summed E-state index contributed by atoms with van der Waals surface area (Å²) in [6.07, 6.45) is 0. The van der Waals surface area contributed by atoms with Crippen LogP contribution in [-0.2, 0) is 0 Å². The molecule has 2 aromatic rings. The molecule has 0 aromatic heterocycles. The summed E-state index contributed by atoms with van der Waals surface area (Å²) in [4.78, 5) is 0. The minimum absolute atomic E-state index is 0.243. The van der Waals surface area contributed by atoms with Crippen molar-refractivity contribution in [1.82, 2.24) is 0 Å². The van der Waals surface area contributed by atoms with Crippen LogP contribution in [0.2, 0.25) is 5.02 Å². The van der Waals surface area contributed by atoms with Crippen LogP contribution in [0.25, 0.3) is 0 Å². The predicted molar refractivity (Wildman–Crippen MR) is 86.2 cm³/mol. The average Bonchev–Trinajstić information content (AvgIpc) is 2.50. The molecule has 0 aliphatic heterocycles. The first-order valence-corrected chi connectivity index (χ1v) is 7.26. The van der Waals surface area contributed by atoms with E-state index >= 15 is 0 Å². The van der Waals surface area contributed by atoms with Gasteiger partial charge in [0.15, 0.2) is 0 Å². The quantitative estimate of drug-likeness (QED) is 0.772. The molecule has 0 N–H and O–H groups in total. The molecule has 22 heavy (non-hydrogen) atoms. The van der Waals surface area contributed by atoms with Gasteiger partial charge in [-0.05, 0) is 36.1 Å². The van der Waals surface area contributed by atoms with Crippen molar-refractivity contribution in [1.29, 1.82) is 10.5 Å². The molecule has 0 saturated heterocycles. The van der Waals surface area contributed by atoms with E-state index in [9.17, 15) is 0 Å². The Morgan fingerprint density at radius 1 is 1.00 bits per heavy atom. The van der Waals surface area contributed by atoms with Gasteiger partial charge in [-0.2, -0.15) is 10.5 Å². The lowest BCUT2D eigenvalue weighted by Crippen LogP contribution is -1.94. The van der Waals surface area contributed by atoms with Gasteiger partial charge in [0.05, 0.1) is 16.1 Å². The molecule has 0 spiro atoms. The van der Waals surface area contributed by atoms with Gasteiger partial charge in [0, 0.05) is 6.07 Å². The molecule has 0 fully saturated rings. The number of benzene rings is 2. The third-order valence-corrected chi connectivity index (χ3v) is 3.71. The van der Waals surface area contributed by atoms with Crippen molar-refractivity contribution in [3.8, 4) is 23.6 Å². The third kappa shape index (κ3) is 3.22. The van der Waals surface area contributed by atoms with E-state index in [1.165, 1.54) is 12.1 Å². The second kappa shape index (κ2) is 6.52. The van der Waals surface area contributed by atoms with E-state index in [1.54, 1.807) is 0 Å². The van der Waals surface area contributed by atoms with Crippen LogP contribution in [0.15, 0.2) is 30.3 Å². The van der Waals surface area contributed by atoms with Gasteiger partial charge in [-0.25, -0.2) is 0 Å². The fourth-order valence-electron chi connectivity index (χ4n) is 2.02.